The van der Waals surface area contributed by atoms with E-state index in [-0.39, 0.29) is 5.69 Å². The van der Waals surface area contributed by atoms with Crippen LogP contribution in [0.5, 0.6) is 0 Å². The minimum atomic E-state index is -0.400. The topological polar surface area (TPSA) is 92.9 Å². The molecule has 1 heterocycles. The van der Waals surface area contributed by atoms with E-state index in [1.807, 2.05) is 0 Å². The lowest BCUT2D eigenvalue weighted by molar-refractivity contribution is 0.102. The standard InChI is InChI=1S/C11H9BrClN5O/c12-7-2-1-6(3-8(7)13)16-11(19)9-4-15-5-10(17-9)18-14/h1-5H,14H2,(H,16,19)(H,17,18). The highest BCUT2D eigenvalue weighted by molar-refractivity contribution is 9.10. The quantitative estimate of drug-likeness (QED) is 0.588. The molecule has 19 heavy (non-hydrogen) atoms. The van der Waals surface area contributed by atoms with Crippen LogP contribution in [0.2, 0.25) is 5.02 Å². The predicted octanol–water partition coefficient (Wildman–Crippen LogP) is 2.43. The van der Waals surface area contributed by atoms with Gasteiger partial charge in [-0.1, -0.05) is 11.6 Å². The largest absolute Gasteiger partial charge is 0.321 e. The summed E-state index contributed by atoms with van der Waals surface area (Å²) in [6, 6.07) is 5.08. The van der Waals surface area contributed by atoms with Gasteiger partial charge in [0.15, 0.2) is 5.82 Å². The van der Waals surface area contributed by atoms with E-state index < -0.39 is 5.91 Å². The summed E-state index contributed by atoms with van der Waals surface area (Å²) >= 11 is 9.21. The van der Waals surface area contributed by atoms with E-state index in [1.54, 1.807) is 18.2 Å². The third kappa shape index (κ3) is 3.40. The van der Waals surface area contributed by atoms with Crippen molar-refractivity contribution in [3.05, 3.63) is 45.8 Å². The maximum atomic E-state index is 11.9. The maximum absolute atomic E-state index is 11.9. The molecule has 4 N–H and O–H groups in total. The first-order valence-corrected chi connectivity index (χ1v) is 6.32. The van der Waals surface area contributed by atoms with Gasteiger partial charge in [0.05, 0.1) is 17.4 Å². The van der Waals surface area contributed by atoms with Gasteiger partial charge in [-0.25, -0.2) is 10.8 Å². The Morgan fingerprint density at radius 3 is 2.84 bits per heavy atom. The monoisotopic (exact) mass is 341 g/mol. The van der Waals surface area contributed by atoms with Gasteiger partial charge in [0.2, 0.25) is 0 Å². The highest BCUT2D eigenvalue weighted by Crippen LogP contribution is 2.25. The van der Waals surface area contributed by atoms with Crippen LogP contribution in [0.15, 0.2) is 35.1 Å². The van der Waals surface area contributed by atoms with Crippen molar-refractivity contribution in [2.45, 2.75) is 0 Å². The van der Waals surface area contributed by atoms with Crippen molar-refractivity contribution in [1.82, 2.24) is 9.97 Å². The summed E-state index contributed by atoms with van der Waals surface area (Å²) in [6.45, 7) is 0. The number of aromatic nitrogens is 2. The second kappa shape index (κ2) is 5.96. The summed E-state index contributed by atoms with van der Waals surface area (Å²) in [5.74, 6) is 5.11. The highest BCUT2D eigenvalue weighted by Gasteiger charge is 2.09. The number of nitrogens with two attached hydrogens (primary N) is 1. The van der Waals surface area contributed by atoms with Crippen LogP contribution in [-0.2, 0) is 0 Å². The van der Waals surface area contributed by atoms with E-state index in [1.165, 1.54) is 12.4 Å². The van der Waals surface area contributed by atoms with Crippen LogP contribution in [-0.4, -0.2) is 15.9 Å². The Kier molecular flexibility index (Phi) is 4.31. The molecule has 0 fully saturated rings. The molecule has 0 saturated carbocycles. The summed E-state index contributed by atoms with van der Waals surface area (Å²) in [5, 5.41) is 3.16. The molecule has 6 nitrogen and oxygen atoms in total. The van der Waals surface area contributed by atoms with Gasteiger partial charge in [-0.05, 0) is 34.1 Å². The Bertz CT molecular complexity index is 622. The van der Waals surface area contributed by atoms with E-state index in [9.17, 15) is 4.79 Å². The zero-order chi connectivity index (χ0) is 13.8. The fourth-order valence-corrected chi connectivity index (χ4v) is 1.74. The molecular formula is C11H9BrClN5O. The molecule has 0 atom stereocenters. The third-order valence-electron chi connectivity index (χ3n) is 2.19. The first kappa shape index (κ1) is 13.7. The third-order valence-corrected chi connectivity index (χ3v) is 3.43. The molecule has 0 aliphatic rings. The molecule has 0 unspecified atom stereocenters. The van der Waals surface area contributed by atoms with Gasteiger partial charge in [-0.2, -0.15) is 0 Å². The van der Waals surface area contributed by atoms with Crippen molar-refractivity contribution in [2.24, 2.45) is 5.84 Å². The number of anilines is 2. The van der Waals surface area contributed by atoms with Gasteiger partial charge in [-0.3, -0.25) is 9.78 Å². The summed E-state index contributed by atoms with van der Waals surface area (Å²) in [6.07, 6.45) is 2.75. The maximum Gasteiger partial charge on any atom is 0.275 e. The van der Waals surface area contributed by atoms with E-state index in [0.717, 1.165) is 4.47 Å². The molecule has 1 aromatic carbocycles. The van der Waals surface area contributed by atoms with Gasteiger partial charge in [-0.15, -0.1) is 0 Å². The summed E-state index contributed by atoms with van der Waals surface area (Å²) in [7, 11) is 0. The van der Waals surface area contributed by atoms with Crippen LogP contribution < -0.4 is 16.6 Å². The van der Waals surface area contributed by atoms with E-state index in [2.05, 4.69) is 36.6 Å². The van der Waals surface area contributed by atoms with Gasteiger partial charge in [0, 0.05) is 10.2 Å². The zero-order valence-electron chi connectivity index (χ0n) is 9.52. The molecule has 0 radical (unpaired) electrons. The second-order valence-electron chi connectivity index (χ2n) is 3.52. The molecule has 98 valence electrons. The summed E-state index contributed by atoms with van der Waals surface area (Å²) < 4.78 is 0.751. The van der Waals surface area contributed by atoms with Crippen molar-refractivity contribution in [3.8, 4) is 0 Å². The Morgan fingerprint density at radius 2 is 2.16 bits per heavy atom. The van der Waals surface area contributed by atoms with E-state index in [0.29, 0.717) is 16.5 Å². The van der Waals surface area contributed by atoms with Crippen molar-refractivity contribution >= 4 is 44.9 Å². The van der Waals surface area contributed by atoms with Gasteiger partial charge < -0.3 is 10.7 Å². The molecule has 8 heteroatoms. The van der Waals surface area contributed by atoms with Gasteiger partial charge in [0.25, 0.3) is 5.91 Å². The van der Waals surface area contributed by atoms with E-state index >= 15 is 0 Å². The van der Waals surface area contributed by atoms with Crippen LogP contribution in [0.1, 0.15) is 10.5 Å². The number of hydrazine groups is 1. The van der Waals surface area contributed by atoms with Crippen LogP contribution >= 0.6 is 27.5 Å². The van der Waals surface area contributed by atoms with Crippen LogP contribution in [0.4, 0.5) is 11.5 Å². The van der Waals surface area contributed by atoms with Gasteiger partial charge in [0.1, 0.15) is 5.69 Å². The SMILES string of the molecule is NNc1cncc(C(=O)Nc2ccc(Br)c(Cl)c2)n1. The first-order valence-electron chi connectivity index (χ1n) is 5.15. The lowest BCUT2D eigenvalue weighted by atomic mass is 10.3. The van der Waals surface area contributed by atoms with Crippen molar-refractivity contribution in [3.63, 3.8) is 0 Å². The number of amides is 1. The fraction of sp³-hybridized carbons (Fsp3) is 0. The minimum absolute atomic E-state index is 0.148. The fourth-order valence-electron chi connectivity index (χ4n) is 1.31. The Labute approximate surface area is 122 Å². The molecule has 1 amide bonds. The predicted molar refractivity (Wildman–Crippen MR) is 76.9 cm³/mol. The van der Waals surface area contributed by atoms with Gasteiger partial charge >= 0.3 is 0 Å². The number of hydrogen-bond acceptors (Lipinski definition) is 5. The molecular weight excluding hydrogens is 334 g/mol. The van der Waals surface area contributed by atoms with Crippen LogP contribution in [0, 0.1) is 0 Å². The lowest BCUT2D eigenvalue weighted by Gasteiger charge is -2.06. The lowest BCUT2D eigenvalue weighted by Crippen LogP contribution is -2.16. The normalized spacial score (nSPS) is 10.1. The Balaban J connectivity index is 2.18. The number of carbonyl (C=O) groups excluding carboxylic acids is 1. The number of rotatable bonds is 3. The van der Waals surface area contributed by atoms with Crippen LogP contribution in [0.25, 0.3) is 0 Å². The van der Waals surface area contributed by atoms with Crippen molar-refractivity contribution in [2.75, 3.05) is 10.7 Å². The average molecular weight is 343 g/mol. The molecule has 1 aromatic heterocycles. The molecule has 0 bridgehead atoms. The Morgan fingerprint density at radius 1 is 1.37 bits per heavy atom. The van der Waals surface area contributed by atoms with E-state index in [4.69, 9.17) is 17.4 Å². The van der Waals surface area contributed by atoms with Crippen LogP contribution in [0.3, 0.4) is 0 Å². The minimum Gasteiger partial charge on any atom is -0.321 e. The summed E-state index contributed by atoms with van der Waals surface area (Å²) in [4.78, 5) is 19.8. The average Bonchev–Trinajstić information content (AvgIpc) is 2.43. The second-order valence-corrected chi connectivity index (χ2v) is 4.78. The number of nitrogen functional groups attached to an aromatic ring is 1. The highest BCUT2D eigenvalue weighted by atomic mass is 79.9. The molecule has 2 rings (SSSR count). The molecule has 0 saturated heterocycles. The molecule has 0 spiro atoms. The first-order chi connectivity index (χ1) is 9.10. The molecule has 0 aliphatic carbocycles. The number of nitrogens with zero attached hydrogens (tertiary/aromatic N) is 2. The molecule has 0 aliphatic heterocycles. The summed E-state index contributed by atoms with van der Waals surface area (Å²) in [5.41, 5.74) is 3.03. The number of benzene rings is 1. The van der Waals surface area contributed by atoms with Crippen molar-refractivity contribution < 1.29 is 4.79 Å². The number of halogens is 2. The smallest absolute Gasteiger partial charge is 0.275 e. The number of carbonyl (C=O) groups is 1. The Hall–Kier alpha value is -1.70. The zero-order valence-corrected chi connectivity index (χ0v) is 11.9. The van der Waals surface area contributed by atoms with Crippen molar-refractivity contribution in [1.29, 1.82) is 0 Å². The molecule has 2 aromatic rings. The number of hydrogen-bond donors (Lipinski definition) is 3. The number of nitrogens with one attached hydrogen (secondary N) is 2.